The summed E-state index contributed by atoms with van der Waals surface area (Å²) in [7, 11) is 1.46. The molecule has 0 saturated carbocycles. The van der Waals surface area contributed by atoms with Gasteiger partial charge in [0.1, 0.15) is 6.04 Å². The molecule has 0 heterocycles. The molecule has 1 unspecified atom stereocenters. The van der Waals surface area contributed by atoms with E-state index in [2.05, 4.69) is 21.2 Å². The number of rotatable bonds is 6. The maximum absolute atomic E-state index is 12.0. The van der Waals surface area contributed by atoms with Gasteiger partial charge in [0.25, 0.3) is 5.91 Å². The number of hydrogen-bond donors (Lipinski definition) is 2. The third-order valence-corrected chi connectivity index (χ3v) is 3.21. The van der Waals surface area contributed by atoms with Gasteiger partial charge in [-0.1, -0.05) is 27.5 Å². The highest BCUT2D eigenvalue weighted by Crippen LogP contribution is 2.21. The number of methoxy groups -OCH3 is 1. The molecule has 1 aromatic rings. The average Bonchev–Trinajstić information content (AvgIpc) is 2.36. The Morgan fingerprint density at radius 1 is 1.53 bits per heavy atom. The second kappa shape index (κ2) is 7.47. The number of carbonyl (C=O) groups is 2. The third-order valence-electron chi connectivity index (χ3n) is 2.39. The van der Waals surface area contributed by atoms with Crippen molar-refractivity contribution in [1.82, 2.24) is 5.32 Å². The Balaban J connectivity index is 2.81. The van der Waals surface area contributed by atoms with Gasteiger partial charge in [0, 0.05) is 24.6 Å². The third kappa shape index (κ3) is 4.81. The van der Waals surface area contributed by atoms with Crippen LogP contribution in [0.3, 0.4) is 0 Å². The SMILES string of the molecule is COCCC(NC(=O)c1cc(Br)ccc1Cl)C(=O)O. The number of ether oxygens (including phenoxy) is 1. The van der Waals surface area contributed by atoms with Crippen LogP contribution in [0.15, 0.2) is 22.7 Å². The molecule has 0 saturated heterocycles. The first-order chi connectivity index (χ1) is 8.95. The molecule has 0 fully saturated rings. The summed E-state index contributed by atoms with van der Waals surface area (Å²) in [5.41, 5.74) is 0.222. The van der Waals surface area contributed by atoms with Crippen LogP contribution in [0, 0.1) is 0 Å². The summed E-state index contributed by atoms with van der Waals surface area (Å²) >= 11 is 9.13. The van der Waals surface area contributed by atoms with Crippen molar-refractivity contribution in [2.24, 2.45) is 0 Å². The quantitative estimate of drug-likeness (QED) is 0.825. The highest BCUT2D eigenvalue weighted by molar-refractivity contribution is 9.10. The van der Waals surface area contributed by atoms with Crippen LogP contribution < -0.4 is 5.32 Å². The van der Waals surface area contributed by atoms with E-state index in [0.717, 1.165) is 0 Å². The summed E-state index contributed by atoms with van der Waals surface area (Å²) in [5, 5.41) is 11.7. The zero-order chi connectivity index (χ0) is 14.4. The largest absolute Gasteiger partial charge is 0.480 e. The van der Waals surface area contributed by atoms with Gasteiger partial charge in [0.2, 0.25) is 0 Å². The summed E-state index contributed by atoms with van der Waals surface area (Å²) in [4.78, 5) is 23.0. The van der Waals surface area contributed by atoms with Crippen molar-refractivity contribution >= 4 is 39.4 Å². The van der Waals surface area contributed by atoms with Gasteiger partial charge in [-0.25, -0.2) is 4.79 Å². The minimum absolute atomic E-state index is 0.184. The Hall–Kier alpha value is -1.11. The maximum atomic E-state index is 12.0. The second-order valence-corrected chi connectivity index (χ2v) is 5.09. The van der Waals surface area contributed by atoms with Crippen molar-refractivity contribution in [1.29, 1.82) is 0 Å². The zero-order valence-electron chi connectivity index (χ0n) is 10.2. The average molecular weight is 351 g/mol. The molecular formula is C12H13BrClNO4. The van der Waals surface area contributed by atoms with Crippen molar-refractivity contribution < 1.29 is 19.4 Å². The Labute approximate surface area is 124 Å². The molecule has 5 nitrogen and oxygen atoms in total. The Morgan fingerprint density at radius 2 is 2.21 bits per heavy atom. The lowest BCUT2D eigenvalue weighted by molar-refractivity contribution is -0.139. The molecule has 0 bridgehead atoms. The van der Waals surface area contributed by atoms with Gasteiger partial charge >= 0.3 is 5.97 Å². The van der Waals surface area contributed by atoms with E-state index in [0.29, 0.717) is 4.47 Å². The predicted octanol–water partition coefficient (Wildman–Crippen LogP) is 2.32. The Morgan fingerprint density at radius 3 is 2.79 bits per heavy atom. The molecule has 7 heteroatoms. The number of halogens is 2. The molecule has 0 spiro atoms. The molecule has 0 aliphatic heterocycles. The lowest BCUT2D eigenvalue weighted by atomic mass is 10.1. The van der Waals surface area contributed by atoms with Crippen molar-refractivity contribution in [3.05, 3.63) is 33.3 Å². The van der Waals surface area contributed by atoms with E-state index in [4.69, 9.17) is 21.4 Å². The molecule has 0 aliphatic rings. The van der Waals surface area contributed by atoms with E-state index < -0.39 is 17.9 Å². The maximum Gasteiger partial charge on any atom is 0.326 e. The minimum atomic E-state index is -1.11. The molecule has 1 rings (SSSR count). The summed E-state index contributed by atoms with van der Waals surface area (Å²) in [5.74, 6) is -1.65. The highest BCUT2D eigenvalue weighted by Gasteiger charge is 2.21. The fourth-order valence-electron chi connectivity index (χ4n) is 1.40. The molecule has 1 atom stereocenters. The number of benzene rings is 1. The van der Waals surface area contributed by atoms with E-state index in [1.807, 2.05) is 0 Å². The van der Waals surface area contributed by atoms with E-state index in [1.54, 1.807) is 12.1 Å². The molecule has 1 amide bonds. The molecule has 2 N–H and O–H groups in total. The first-order valence-corrected chi connectivity index (χ1v) is 6.60. The lowest BCUT2D eigenvalue weighted by Crippen LogP contribution is -2.41. The molecule has 1 aromatic carbocycles. The van der Waals surface area contributed by atoms with Gasteiger partial charge in [0.05, 0.1) is 10.6 Å². The van der Waals surface area contributed by atoms with Gasteiger partial charge in [-0.3, -0.25) is 4.79 Å². The van der Waals surface area contributed by atoms with Gasteiger partial charge in [-0.2, -0.15) is 0 Å². The highest BCUT2D eigenvalue weighted by atomic mass is 79.9. The van der Waals surface area contributed by atoms with Gasteiger partial charge in [-0.05, 0) is 18.2 Å². The fourth-order valence-corrected chi connectivity index (χ4v) is 1.97. The van der Waals surface area contributed by atoms with E-state index in [-0.39, 0.29) is 23.6 Å². The summed E-state index contributed by atoms with van der Waals surface area (Å²) in [6, 6.07) is 3.78. The number of amides is 1. The van der Waals surface area contributed by atoms with Crippen molar-refractivity contribution in [3.8, 4) is 0 Å². The number of nitrogens with one attached hydrogen (secondary N) is 1. The molecule has 104 valence electrons. The normalized spacial score (nSPS) is 11.9. The minimum Gasteiger partial charge on any atom is -0.480 e. The van der Waals surface area contributed by atoms with Crippen LogP contribution in [-0.4, -0.2) is 36.7 Å². The van der Waals surface area contributed by atoms with Gasteiger partial charge < -0.3 is 15.2 Å². The zero-order valence-corrected chi connectivity index (χ0v) is 12.5. The number of aliphatic carboxylic acids is 1. The van der Waals surface area contributed by atoms with Crippen LogP contribution >= 0.6 is 27.5 Å². The van der Waals surface area contributed by atoms with Gasteiger partial charge in [0.15, 0.2) is 0 Å². The lowest BCUT2D eigenvalue weighted by Gasteiger charge is -2.14. The monoisotopic (exact) mass is 349 g/mol. The Bertz CT molecular complexity index is 481. The van der Waals surface area contributed by atoms with Crippen LogP contribution in [0.25, 0.3) is 0 Å². The second-order valence-electron chi connectivity index (χ2n) is 3.77. The van der Waals surface area contributed by atoms with Crippen molar-refractivity contribution in [2.75, 3.05) is 13.7 Å². The summed E-state index contributed by atoms with van der Waals surface area (Å²) < 4.78 is 5.49. The van der Waals surface area contributed by atoms with Gasteiger partial charge in [-0.15, -0.1) is 0 Å². The van der Waals surface area contributed by atoms with Crippen LogP contribution in [0.1, 0.15) is 16.8 Å². The van der Waals surface area contributed by atoms with E-state index in [9.17, 15) is 9.59 Å². The fraction of sp³-hybridized carbons (Fsp3) is 0.333. The number of hydrogen-bond acceptors (Lipinski definition) is 3. The first-order valence-electron chi connectivity index (χ1n) is 5.43. The smallest absolute Gasteiger partial charge is 0.326 e. The number of carboxylic acid groups (broad SMARTS) is 1. The number of carboxylic acids is 1. The molecule has 19 heavy (non-hydrogen) atoms. The number of carbonyl (C=O) groups excluding carboxylic acids is 1. The van der Waals surface area contributed by atoms with E-state index >= 15 is 0 Å². The first kappa shape index (κ1) is 15.9. The Kier molecular flexibility index (Phi) is 6.27. The van der Waals surface area contributed by atoms with Crippen LogP contribution in [0.4, 0.5) is 0 Å². The van der Waals surface area contributed by atoms with Crippen LogP contribution in [0.2, 0.25) is 5.02 Å². The summed E-state index contributed by atoms with van der Waals surface area (Å²) in [6.07, 6.45) is 0.184. The van der Waals surface area contributed by atoms with Crippen LogP contribution in [0.5, 0.6) is 0 Å². The van der Waals surface area contributed by atoms with E-state index in [1.165, 1.54) is 13.2 Å². The standard InChI is InChI=1S/C12H13BrClNO4/c1-19-5-4-10(12(17)18)15-11(16)8-6-7(13)2-3-9(8)14/h2-3,6,10H,4-5H2,1H3,(H,15,16)(H,17,18). The van der Waals surface area contributed by atoms with Crippen LogP contribution in [-0.2, 0) is 9.53 Å². The van der Waals surface area contributed by atoms with Crippen molar-refractivity contribution in [3.63, 3.8) is 0 Å². The topological polar surface area (TPSA) is 75.6 Å². The molecule has 0 radical (unpaired) electrons. The molecule has 0 aromatic heterocycles. The predicted molar refractivity (Wildman–Crippen MR) is 74.5 cm³/mol. The summed E-state index contributed by atoms with van der Waals surface area (Å²) in [6.45, 7) is 0.240. The molecular weight excluding hydrogens is 337 g/mol. The van der Waals surface area contributed by atoms with Crippen molar-refractivity contribution in [2.45, 2.75) is 12.5 Å². The molecule has 0 aliphatic carbocycles.